The average Bonchev–Trinajstić information content (AvgIpc) is 2.49. The van der Waals surface area contributed by atoms with Gasteiger partial charge in [0.25, 0.3) is 0 Å². The van der Waals surface area contributed by atoms with Gasteiger partial charge in [-0.05, 0) is 30.5 Å². The molecule has 5 nitrogen and oxygen atoms in total. The molecule has 0 saturated carbocycles. The van der Waals surface area contributed by atoms with Crippen LogP contribution in [0, 0.1) is 0 Å². The van der Waals surface area contributed by atoms with Gasteiger partial charge in [-0.3, -0.25) is 5.84 Å². The van der Waals surface area contributed by atoms with Crippen LogP contribution in [-0.2, 0) is 4.74 Å². The van der Waals surface area contributed by atoms with Gasteiger partial charge >= 0.3 is 0 Å². The molecule has 0 amide bonds. The van der Waals surface area contributed by atoms with Crippen molar-refractivity contribution in [1.29, 1.82) is 0 Å². The first kappa shape index (κ1) is 12.3. The topological polar surface area (TPSA) is 65.7 Å². The summed E-state index contributed by atoms with van der Waals surface area (Å²) in [6.45, 7) is 1.24. The molecule has 3 N–H and O–H groups in total. The molecule has 0 aliphatic carbocycles. The molecule has 2 aliphatic heterocycles. The quantitative estimate of drug-likeness (QED) is 0.636. The lowest BCUT2D eigenvalue weighted by Crippen LogP contribution is -2.51. The first-order valence-electron chi connectivity index (χ1n) is 6.53. The number of nitrogens with one attached hydrogen (secondary N) is 1. The van der Waals surface area contributed by atoms with Crippen LogP contribution in [0.15, 0.2) is 36.1 Å². The third kappa shape index (κ3) is 2.52. The molecule has 102 valence electrons. The maximum Gasteiger partial charge on any atom is 0.161 e. The van der Waals surface area contributed by atoms with Crippen LogP contribution in [0.2, 0.25) is 0 Å². The van der Waals surface area contributed by atoms with E-state index >= 15 is 0 Å². The van der Waals surface area contributed by atoms with Crippen molar-refractivity contribution >= 4 is 0 Å². The maximum atomic E-state index is 5.97. The van der Waals surface area contributed by atoms with Crippen LogP contribution < -0.4 is 20.7 Å². The molecule has 2 heterocycles. The Kier molecular flexibility index (Phi) is 3.57. The van der Waals surface area contributed by atoms with Crippen molar-refractivity contribution < 1.29 is 14.2 Å². The number of hydrogen-bond acceptors (Lipinski definition) is 5. The summed E-state index contributed by atoms with van der Waals surface area (Å²) in [6, 6.07) is 7.57. The van der Waals surface area contributed by atoms with Gasteiger partial charge < -0.3 is 14.2 Å². The van der Waals surface area contributed by atoms with E-state index in [1.807, 2.05) is 24.3 Å². The van der Waals surface area contributed by atoms with Crippen molar-refractivity contribution in [3.8, 4) is 11.5 Å². The van der Waals surface area contributed by atoms with Gasteiger partial charge in [0.1, 0.15) is 6.61 Å². The van der Waals surface area contributed by atoms with Crippen molar-refractivity contribution in [2.45, 2.75) is 25.0 Å². The molecule has 0 bridgehead atoms. The molecule has 1 aromatic carbocycles. The highest BCUT2D eigenvalue weighted by Crippen LogP contribution is 2.33. The van der Waals surface area contributed by atoms with E-state index in [4.69, 9.17) is 20.1 Å². The lowest BCUT2D eigenvalue weighted by molar-refractivity contribution is 0.0672. The zero-order valence-electron chi connectivity index (χ0n) is 10.7. The summed E-state index contributed by atoms with van der Waals surface area (Å²) in [4.78, 5) is 0. The maximum absolute atomic E-state index is 5.97. The van der Waals surface area contributed by atoms with Gasteiger partial charge in [-0.15, -0.1) is 0 Å². The fourth-order valence-electron chi connectivity index (χ4n) is 2.47. The number of nitrogens with two attached hydrogens (primary N) is 1. The number of hydrazine groups is 1. The molecule has 19 heavy (non-hydrogen) atoms. The molecule has 3 rings (SSSR count). The first-order chi connectivity index (χ1) is 9.38. The Labute approximate surface area is 112 Å². The minimum Gasteiger partial charge on any atom is -0.501 e. The van der Waals surface area contributed by atoms with Crippen LogP contribution in [0.3, 0.4) is 0 Å². The molecule has 0 saturated heterocycles. The van der Waals surface area contributed by atoms with E-state index in [2.05, 4.69) is 5.43 Å². The van der Waals surface area contributed by atoms with E-state index in [1.165, 1.54) is 0 Å². The fraction of sp³-hybridized carbons (Fsp3) is 0.429. The summed E-state index contributed by atoms with van der Waals surface area (Å²) in [6.07, 6.45) is 3.62. The molecule has 1 aromatic rings. The average molecular weight is 262 g/mol. The Hall–Kier alpha value is -1.72. The molecule has 0 aromatic heterocycles. The van der Waals surface area contributed by atoms with Crippen LogP contribution in [-0.4, -0.2) is 25.4 Å². The SMILES string of the molecule is NNC(C1=COCCC1)C1COc2ccccc2O1. The predicted molar refractivity (Wildman–Crippen MR) is 70.7 cm³/mol. The van der Waals surface area contributed by atoms with Crippen molar-refractivity contribution in [3.05, 3.63) is 36.1 Å². The summed E-state index contributed by atoms with van der Waals surface area (Å²) in [5.74, 6) is 7.21. The summed E-state index contributed by atoms with van der Waals surface area (Å²) in [7, 11) is 0. The van der Waals surface area contributed by atoms with Gasteiger partial charge in [-0.2, -0.15) is 0 Å². The van der Waals surface area contributed by atoms with Gasteiger partial charge in [0.15, 0.2) is 17.6 Å². The molecule has 0 spiro atoms. The normalized spacial score (nSPS) is 23.2. The number of ether oxygens (including phenoxy) is 3. The van der Waals surface area contributed by atoms with Crippen LogP contribution in [0.1, 0.15) is 12.8 Å². The zero-order chi connectivity index (χ0) is 13.1. The van der Waals surface area contributed by atoms with Crippen molar-refractivity contribution in [2.75, 3.05) is 13.2 Å². The minimum absolute atomic E-state index is 0.0892. The second kappa shape index (κ2) is 5.50. The Morgan fingerprint density at radius 1 is 1.26 bits per heavy atom. The molecule has 0 radical (unpaired) electrons. The van der Waals surface area contributed by atoms with E-state index in [0.717, 1.165) is 36.5 Å². The Morgan fingerprint density at radius 3 is 2.84 bits per heavy atom. The van der Waals surface area contributed by atoms with E-state index in [9.17, 15) is 0 Å². The highest BCUT2D eigenvalue weighted by atomic mass is 16.6. The molecular weight excluding hydrogens is 244 g/mol. The van der Waals surface area contributed by atoms with Crippen molar-refractivity contribution in [3.63, 3.8) is 0 Å². The van der Waals surface area contributed by atoms with Crippen molar-refractivity contribution in [2.24, 2.45) is 5.84 Å². The predicted octanol–water partition coefficient (Wildman–Crippen LogP) is 1.35. The summed E-state index contributed by atoms with van der Waals surface area (Å²) in [5.41, 5.74) is 3.95. The third-order valence-electron chi connectivity index (χ3n) is 3.44. The largest absolute Gasteiger partial charge is 0.501 e. The van der Waals surface area contributed by atoms with Crippen LogP contribution in [0.25, 0.3) is 0 Å². The van der Waals surface area contributed by atoms with Gasteiger partial charge in [0.05, 0.1) is 18.9 Å². The Balaban J connectivity index is 1.77. The number of hydrogen-bond donors (Lipinski definition) is 2. The van der Waals surface area contributed by atoms with E-state index < -0.39 is 0 Å². The standard InChI is InChI=1S/C14H18N2O3/c15-16-14(10-4-3-7-17-8-10)13-9-18-11-5-1-2-6-12(11)19-13/h1-2,5-6,8,13-14,16H,3-4,7,9,15H2. The molecule has 2 aliphatic rings. The van der Waals surface area contributed by atoms with Gasteiger partial charge in [-0.25, -0.2) is 5.43 Å². The Morgan fingerprint density at radius 2 is 2.11 bits per heavy atom. The minimum atomic E-state index is -0.146. The highest BCUT2D eigenvalue weighted by Gasteiger charge is 2.31. The Bertz CT molecular complexity index is 476. The van der Waals surface area contributed by atoms with E-state index in [1.54, 1.807) is 6.26 Å². The second-order valence-electron chi connectivity index (χ2n) is 4.73. The van der Waals surface area contributed by atoms with E-state index in [-0.39, 0.29) is 12.1 Å². The van der Waals surface area contributed by atoms with E-state index in [0.29, 0.717) is 6.61 Å². The number of rotatable bonds is 3. The lowest BCUT2D eigenvalue weighted by atomic mass is 9.97. The molecule has 5 heteroatoms. The van der Waals surface area contributed by atoms with Crippen LogP contribution in [0.5, 0.6) is 11.5 Å². The summed E-state index contributed by atoms with van der Waals surface area (Å²) in [5, 5.41) is 0. The highest BCUT2D eigenvalue weighted by molar-refractivity contribution is 5.41. The number of para-hydroxylation sites is 2. The van der Waals surface area contributed by atoms with Crippen molar-refractivity contribution in [1.82, 2.24) is 5.43 Å². The smallest absolute Gasteiger partial charge is 0.161 e. The molecular formula is C14H18N2O3. The zero-order valence-corrected chi connectivity index (χ0v) is 10.7. The van der Waals surface area contributed by atoms with Crippen LogP contribution >= 0.6 is 0 Å². The first-order valence-corrected chi connectivity index (χ1v) is 6.53. The lowest BCUT2D eigenvalue weighted by Gasteiger charge is -2.33. The van der Waals surface area contributed by atoms with Crippen LogP contribution in [0.4, 0.5) is 0 Å². The van der Waals surface area contributed by atoms with Gasteiger partial charge in [0, 0.05) is 0 Å². The molecule has 2 atom stereocenters. The number of fused-ring (bicyclic) bond motifs is 1. The molecule has 0 fully saturated rings. The number of benzene rings is 1. The van der Waals surface area contributed by atoms with Gasteiger partial charge in [-0.1, -0.05) is 12.1 Å². The fourth-order valence-corrected chi connectivity index (χ4v) is 2.47. The third-order valence-corrected chi connectivity index (χ3v) is 3.44. The molecule has 2 unspecified atom stereocenters. The monoisotopic (exact) mass is 262 g/mol. The summed E-state index contributed by atoms with van der Waals surface area (Å²) >= 11 is 0. The van der Waals surface area contributed by atoms with Gasteiger partial charge in [0.2, 0.25) is 0 Å². The second-order valence-corrected chi connectivity index (χ2v) is 4.73. The summed E-state index contributed by atoms with van der Waals surface area (Å²) < 4.78 is 17.1.